The molecule has 0 N–H and O–H groups in total. The van der Waals surface area contributed by atoms with Crippen molar-refractivity contribution in [1.82, 2.24) is 4.98 Å². The van der Waals surface area contributed by atoms with E-state index in [1.807, 2.05) is 0 Å². The molecule has 0 atom stereocenters. The van der Waals surface area contributed by atoms with Gasteiger partial charge in [0.15, 0.2) is 0 Å². The molecule has 0 bridgehead atoms. The fourth-order valence-electron chi connectivity index (χ4n) is 1.59. The fourth-order valence-corrected chi connectivity index (χ4v) is 1.95. The average molecular weight is 312 g/mol. The smallest absolute Gasteiger partial charge is 0.342 e. The molecule has 6 heteroatoms. The predicted octanol–water partition coefficient (Wildman–Crippen LogP) is 3.75. The second-order valence-corrected chi connectivity index (χ2v) is 4.73. The Labute approximate surface area is 126 Å². The van der Waals surface area contributed by atoms with Crippen LogP contribution < -0.4 is 4.74 Å². The van der Waals surface area contributed by atoms with Crippen LogP contribution in [0.4, 0.5) is 0 Å². The molecule has 1 heterocycles. The highest BCUT2D eigenvalue weighted by Crippen LogP contribution is 2.24. The van der Waals surface area contributed by atoms with Gasteiger partial charge in [0.1, 0.15) is 23.1 Å². The number of carbonyl (C=O) groups is 1. The van der Waals surface area contributed by atoms with Crippen molar-refractivity contribution in [3.05, 3.63) is 57.8 Å². The SMILES string of the molecule is COc1cc(Cl)ccc1C(=O)OCc1ccnc(Cl)c1. The van der Waals surface area contributed by atoms with E-state index in [9.17, 15) is 4.79 Å². The number of nitrogens with zero attached hydrogens (tertiary/aromatic N) is 1. The summed E-state index contributed by atoms with van der Waals surface area (Å²) in [5.74, 6) is -0.123. The van der Waals surface area contributed by atoms with Gasteiger partial charge in [-0.05, 0) is 35.9 Å². The van der Waals surface area contributed by atoms with Crippen LogP contribution in [0.2, 0.25) is 10.2 Å². The normalized spacial score (nSPS) is 10.2. The number of aromatic nitrogens is 1. The van der Waals surface area contributed by atoms with Crippen molar-refractivity contribution in [3.8, 4) is 5.75 Å². The van der Waals surface area contributed by atoms with Crippen LogP contribution >= 0.6 is 23.2 Å². The molecule has 1 aromatic heterocycles. The topological polar surface area (TPSA) is 48.4 Å². The molecule has 0 aliphatic heterocycles. The van der Waals surface area contributed by atoms with Gasteiger partial charge in [-0.25, -0.2) is 9.78 Å². The summed E-state index contributed by atoms with van der Waals surface area (Å²) in [4.78, 5) is 15.9. The molecule has 0 amide bonds. The number of ether oxygens (including phenoxy) is 2. The lowest BCUT2D eigenvalue weighted by Crippen LogP contribution is -2.07. The van der Waals surface area contributed by atoms with Gasteiger partial charge in [0.05, 0.1) is 7.11 Å². The van der Waals surface area contributed by atoms with Crippen molar-refractivity contribution in [3.63, 3.8) is 0 Å². The Morgan fingerprint density at radius 2 is 2.05 bits per heavy atom. The lowest BCUT2D eigenvalue weighted by atomic mass is 10.2. The molecule has 0 saturated carbocycles. The molecule has 0 aliphatic rings. The monoisotopic (exact) mass is 311 g/mol. The first-order valence-electron chi connectivity index (χ1n) is 5.71. The summed E-state index contributed by atoms with van der Waals surface area (Å²) >= 11 is 11.6. The van der Waals surface area contributed by atoms with Crippen LogP contribution in [0, 0.1) is 0 Å². The summed E-state index contributed by atoms with van der Waals surface area (Å²) in [6.45, 7) is 0.104. The summed E-state index contributed by atoms with van der Waals surface area (Å²) in [6, 6.07) is 8.07. The third kappa shape index (κ3) is 3.62. The molecule has 1 aromatic carbocycles. The molecule has 0 radical (unpaired) electrons. The fraction of sp³-hybridized carbons (Fsp3) is 0.143. The molecule has 0 aliphatic carbocycles. The highest BCUT2D eigenvalue weighted by atomic mass is 35.5. The lowest BCUT2D eigenvalue weighted by molar-refractivity contribution is 0.0469. The maximum Gasteiger partial charge on any atom is 0.342 e. The van der Waals surface area contributed by atoms with Gasteiger partial charge < -0.3 is 9.47 Å². The summed E-state index contributed by atoms with van der Waals surface area (Å²) in [5, 5.41) is 0.835. The van der Waals surface area contributed by atoms with Crippen LogP contribution in [0.3, 0.4) is 0 Å². The zero-order valence-electron chi connectivity index (χ0n) is 10.6. The van der Waals surface area contributed by atoms with Gasteiger partial charge in [-0.3, -0.25) is 0 Å². The largest absolute Gasteiger partial charge is 0.496 e. The number of halogens is 2. The van der Waals surface area contributed by atoms with Crippen molar-refractivity contribution in [1.29, 1.82) is 0 Å². The first kappa shape index (κ1) is 14.6. The second kappa shape index (κ2) is 6.59. The number of benzene rings is 1. The van der Waals surface area contributed by atoms with Crippen LogP contribution in [0.25, 0.3) is 0 Å². The van der Waals surface area contributed by atoms with E-state index in [1.54, 1.807) is 36.5 Å². The quantitative estimate of drug-likeness (QED) is 0.637. The molecular formula is C14H11Cl2NO3. The van der Waals surface area contributed by atoms with Gasteiger partial charge in [-0.2, -0.15) is 0 Å². The number of rotatable bonds is 4. The van der Waals surface area contributed by atoms with E-state index in [2.05, 4.69) is 4.98 Å². The molecular weight excluding hydrogens is 301 g/mol. The third-order valence-corrected chi connectivity index (χ3v) is 2.99. The molecule has 0 saturated heterocycles. The molecule has 0 fully saturated rings. The molecule has 0 unspecified atom stereocenters. The van der Waals surface area contributed by atoms with Crippen LogP contribution in [0.5, 0.6) is 5.75 Å². The number of esters is 1. The Kier molecular flexibility index (Phi) is 4.82. The standard InChI is InChI=1S/C14H11Cl2NO3/c1-19-12-7-10(15)2-3-11(12)14(18)20-8-9-4-5-17-13(16)6-9/h2-7H,8H2,1H3. The number of hydrogen-bond donors (Lipinski definition) is 0. The third-order valence-electron chi connectivity index (χ3n) is 2.54. The summed E-state index contributed by atoms with van der Waals surface area (Å²) < 4.78 is 10.3. The molecule has 0 spiro atoms. The van der Waals surface area contributed by atoms with Gasteiger partial charge in [-0.15, -0.1) is 0 Å². The Morgan fingerprint density at radius 3 is 2.75 bits per heavy atom. The first-order chi connectivity index (χ1) is 9.60. The maximum absolute atomic E-state index is 12.0. The predicted molar refractivity (Wildman–Crippen MR) is 76.4 cm³/mol. The van der Waals surface area contributed by atoms with Crippen LogP contribution in [0.1, 0.15) is 15.9 Å². The van der Waals surface area contributed by atoms with Crippen LogP contribution in [0.15, 0.2) is 36.5 Å². The maximum atomic E-state index is 12.0. The highest BCUT2D eigenvalue weighted by molar-refractivity contribution is 6.30. The van der Waals surface area contributed by atoms with E-state index >= 15 is 0 Å². The van der Waals surface area contributed by atoms with E-state index in [1.165, 1.54) is 7.11 Å². The minimum absolute atomic E-state index is 0.104. The Bertz CT molecular complexity index is 632. The Morgan fingerprint density at radius 1 is 1.25 bits per heavy atom. The first-order valence-corrected chi connectivity index (χ1v) is 6.47. The molecule has 2 rings (SSSR count). The van der Waals surface area contributed by atoms with Crippen molar-refractivity contribution >= 4 is 29.2 Å². The number of hydrogen-bond acceptors (Lipinski definition) is 4. The van der Waals surface area contributed by atoms with Gasteiger partial charge in [0, 0.05) is 11.2 Å². The second-order valence-electron chi connectivity index (χ2n) is 3.91. The van der Waals surface area contributed by atoms with Gasteiger partial charge in [0.2, 0.25) is 0 Å². The van der Waals surface area contributed by atoms with Crippen molar-refractivity contribution in [2.75, 3.05) is 7.11 Å². The van der Waals surface area contributed by atoms with Crippen molar-refractivity contribution in [2.45, 2.75) is 6.61 Å². The summed E-state index contributed by atoms with van der Waals surface area (Å²) in [7, 11) is 1.46. The minimum atomic E-state index is -0.494. The van der Waals surface area contributed by atoms with Crippen molar-refractivity contribution < 1.29 is 14.3 Å². The van der Waals surface area contributed by atoms with Crippen LogP contribution in [-0.4, -0.2) is 18.1 Å². The number of carbonyl (C=O) groups excluding carboxylic acids is 1. The molecule has 20 heavy (non-hydrogen) atoms. The average Bonchev–Trinajstić information content (AvgIpc) is 2.44. The van der Waals surface area contributed by atoms with E-state index in [-0.39, 0.29) is 6.61 Å². The Balaban J connectivity index is 2.09. The summed E-state index contributed by atoms with van der Waals surface area (Å²) in [6.07, 6.45) is 1.55. The van der Waals surface area contributed by atoms with E-state index in [0.717, 1.165) is 5.56 Å². The number of methoxy groups -OCH3 is 1. The van der Waals surface area contributed by atoms with Gasteiger partial charge in [0.25, 0.3) is 0 Å². The zero-order chi connectivity index (χ0) is 14.5. The summed E-state index contributed by atoms with van der Waals surface area (Å²) in [5.41, 5.74) is 1.07. The minimum Gasteiger partial charge on any atom is -0.496 e. The zero-order valence-corrected chi connectivity index (χ0v) is 12.1. The highest BCUT2D eigenvalue weighted by Gasteiger charge is 2.14. The van der Waals surface area contributed by atoms with E-state index < -0.39 is 5.97 Å². The number of pyridine rings is 1. The lowest BCUT2D eigenvalue weighted by Gasteiger charge is -2.09. The molecule has 2 aromatic rings. The van der Waals surface area contributed by atoms with Gasteiger partial charge >= 0.3 is 5.97 Å². The van der Waals surface area contributed by atoms with Gasteiger partial charge in [-0.1, -0.05) is 23.2 Å². The van der Waals surface area contributed by atoms with E-state index in [4.69, 9.17) is 32.7 Å². The molecule has 104 valence electrons. The van der Waals surface area contributed by atoms with Crippen molar-refractivity contribution in [2.24, 2.45) is 0 Å². The van der Waals surface area contributed by atoms with E-state index in [0.29, 0.717) is 21.5 Å². The Hall–Kier alpha value is -1.78. The van der Waals surface area contributed by atoms with Crippen LogP contribution in [-0.2, 0) is 11.3 Å². The molecule has 4 nitrogen and oxygen atoms in total.